The molecule has 0 aromatic carbocycles. The van der Waals surface area contributed by atoms with Gasteiger partial charge in [-0.05, 0) is 52.2 Å². The summed E-state index contributed by atoms with van der Waals surface area (Å²) < 4.78 is 0. The highest BCUT2D eigenvalue weighted by molar-refractivity contribution is 4.77. The molecule has 84 valence electrons. The first kappa shape index (κ1) is 12.0. The van der Waals surface area contributed by atoms with Crippen molar-refractivity contribution in [2.24, 2.45) is 11.8 Å². The van der Waals surface area contributed by atoms with E-state index in [1.807, 2.05) is 7.05 Å². The molecule has 0 heterocycles. The van der Waals surface area contributed by atoms with Crippen molar-refractivity contribution in [2.75, 3.05) is 27.2 Å². The van der Waals surface area contributed by atoms with Crippen molar-refractivity contribution >= 4 is 0 Å². The molecule has 0 spiro atoms. The smallest absolute Gasteiger partial charge is 0.0102 e. The lowest BCUT2D eigenvalue weighted by atomic mass is 9.84. The van der Waals surface area contributed by atoms with Gasteiger partial charge in [-0.3, -0.25) is 0 Å². The largest absolute Gasteiger partial charge is 0.319 e. The van der Waals surface area contributed by atoms with E-state index >= 15 is 0 Å². The van der Waals surface area contributed by atoms with Crippen LogP contribution in [0.2, 0.25) is 0 Å². The maximum absolute atomic E-state index is 3.26. The van der Waals surface area contributed by atoms with Crippen molar-refractivity contribution in [3.05, 3.63) is 0 Å². The molecule has 0 aliphatic heterocycles. The molecule has 0 bridgehead atoms. The molecule has 0 saturated heterocycles. The molecule has 2 unspecified atom stereocenters. The SMILES string of the molecule is CNCC(C)C(C)N(C)CC1CCC1. The van der Waals surface area contributed by atoms with Crippen LogP contribution in [0.25, 0.3) is 0 Å². The molecule has 0 aromatic heterocycles. The fraction of sp³-hybridized carbons (Fsp3) is 1.00. The topological polar surface area (TPSA) is 15.3 Å². The van der Waals surface area contributed by atoms with Gasteiger partial charge < -0.3 is 10.2 Å². The fourth-order valence-corrected chi connectivity index (χ4v) is 2.18. The number of hydrogen-bond donors (Lipinski definition) is 1. The Hall–Kier alpha value is -0.0800. The summed E-state index contributed by atoms with van der Waals surface area (Å²) in [7, 11) is 4.31. The van der Waals surface area contributed by atoms with E-state index in [-0.39, 0.29) is 0 Å². The van der Waals surface area contributed by atoms with E-state index in [4.69, 9.17) is 0 Å². The zero-order chi connectivity index (χ0) is 10.6. The monoisotopic (exact) mass is 198 g/mol. The standard InChI is InChI=1S/C12H26N2/c1-10(8-13-3)11(2)14(4)9-12-6-5-7-12/h10-13H,5-9H2,1-4H3. The van der Waals surface area contributed by atoms with E-state index in [9.17, 15) is 0 Å². The maximum atomic E-state index is 3.26. The zero-order valence-electron chi connectivity index (χ0n) is 10.2. The van der Waals surface area contributed by atoms with Crippen LogP contribution in [-0.4, -0.2) is 38.1 Å². The maximum Gasteiger partial charge on any atom is 0.0102 e. The minimum Gasteiger partial charge on any atom is -0.319 e. The van der Waals surface area contributed by atoms with Gasteiger partial charge in [0.2, 0.25) is 0 Å². The Morgan fingerprint density at radius 1 is 1.36 bits per heavy atom. The number of nitrogens with one attached hydrogen (secondary N) is 1. The Bertz CT molecular complexity index is 154. The van der Waals surface area contributed by atoms with Crippen LogP contribution in [0.4, 0.5) is 0 Å². The van der Waals surface area contributed by atoms with Crippen LogP contribution < -0.4 is 5.32 Å². The van der Waals surface area contributed by atoms with Gasteiger partial charge in [0.25, 0.3) is 0 Å². The third-order valence-electron chi connectivity index (χ3n) is 3.82. The van der Waals surface area contributed by atoms with E-state index in [1.54, 1.807) is 0 Å². The summed E-state index contributed by atoms with van der Waals surface area (Å²) in [6.07, 6.45) is 4.37. The van der Waals surface area contributed by atoms with Crippen LogP contribution in [0, 0.1) is 11.8 Å². The van der Waals surface area contributed by atoms with Crippen LogP contribution in [0.5, 0.6) is 0 Å². The average Bonchev–Trinajstić information content (AvgIpc) is 2.10. The van der Waals surface area contributed by atoms with Gasteiger partial charge in [-0.2, -0.15) is 0 Å². The van der Waals surface area contributed by atoms with Gasteiger partial charge in [-0.1, -0.05) is 13.3 Å². The predicted octanol–water partition coefficient (Wildman–Crippen LogP) is 1.96. The number of rotatable bonds is 6. The van der Waals surface area contributed by atoms with Gasteiger partial charge in [0.05, 0.1) is 0 Å². The lowest BCUT2D eigenvalue weighted by molar-refractivity contribution is 0.139. The van der Waals surface area contributed by atoms with E-state index in [1.165, 1.54) is 25.8 Å². The van der Waals surface area contributed by atoms with Crippen molar-refractivity contribution in [1.82, 2.24) is 10.2 Å². The van der Waals surface area contributed by atoms with Crippen molar-refractivity contribution in [3.8, 4) is 0 Å². The first-order valence-electron chi connectivity index (χ1n) is 6.00. The summed E-state index contributed by atoms with van der Waals surface area (Å²) in [6, 6.07) is 0.697. The van der Waals surface area contributed by atoms with Crippen molar-refractivity contribution in [3.63, 3.8) is 0 Å². The zero-order valence-corrected chi connectivity index (χ0v) is 10.2. The summed E-state index contributed by atoms with van der Waals surface area (Å²) in [5.41, 5.74) is 0. The molecule has 0 amide bonds. The van der Waals surface area contributed by atoms with Gasteiger partial charge in [0.15, 0.2) is 0 Å². The van der Waals surface area contributed by atoms with Crippen LogP contribution in [0.15, 0.2) is 0 Å². The Morgan fingerprint density at radius 3 is 2.43 bits per heavy atom. The molecule has 0 aromatic rings. The Balaban J connectivity index is 2.23. The average molecular weight is 198 g/mol. The van der Waals surface area contributed by atoms with Crippen molar-refractivity contribution in [2.45, 2.75) is 39.2 Å². The van der Waals surface area contributed by atoms with Gasteiger partial charge in [-0.15, -0.1) is 0 Å². The summed E-state index contributed by atoms with van der Waals surface area (Å²) in [5.74, 6) is 1.73. The van der Waals surface area contributed by atoms with Gasteiger partial charge >= 0.3 is 0 Å². The van der Waals surface area contributed by atoms with E-state index in [2.05, 4.69) is 31.1 Å². The minimum absolute atomic E-state index is 0.697. The molecule has 0 radical (unpaired) electrons. The van der Waals surface area contributed by atoms with Crippen molar-refractivity contribution in [1.29, 1.82) is 0 Å². The second-order valence-corrected chi connectivity index (χ2v) is 5.01. The van der Waals surface area contributed by atoms with Crippen LogP contribution >= 0.6 is 0 Å². The quantitative estimate of drug-likeness (QED) is 0.702. The van der Waals surface area contributed by atoms with Gasteiger partial charge in [-0.25, -0.2) is 0 Å². The second-order valence-electron chi connectivity index (χ2n) is 5.01. The molecule has 1 rings (SSSR count). The first-order chi connectivity index (χ1) is 6.65. The molecule has 1 N–H and O–H groups in total. The molecule has 1 saturated carbocycles. The van der Waals surface area contributed by atoms with Gasteiger partial charge in [0.1, 0.15) is 0 Å². The van der Waals surface area contributed by atoms with Gasteiger partial charge in [0, 0.05) is 12.6 Å². The summed E-state index contributed by atoms with van der Waals surface area (Å²) in [4.78, 5) is 2.53. The fourth-order valence-electron chi connectivity index (χ4n) is 2.18. The summed E-state index contributed by atoms with van der Waals surface area (Å²) in [5, 5.41) is 3.26. The third-order valence-corrected chi connectivity index (χ3v) is 3.82. The van der Waals surface area contributed by atoms with Crippen LogP contribution in [0.1, 0.15) is 33.1 Å². The normalized spacial score (nSPS) is 22.1. The summed E-state index contributed by atoms with van der Waals surface area (Å²) >= 11 is 0. The highest BCUT2D eigenvalue weighted by Gasteiger charge is 2.23. The molecule has 2 nitrogen and oxygen atoms in total. The highest BCUT2D eigenvalue weighted by Crippen LogP contribution is 2.27. The number of hydrogen-bond acceptors (Lipinski definition) is 2. The molecule has 14 heavy (non-hydrogen) atoms. The van der Waals surface area contributed by atoms with E-state index in [0.717, 1.165) is 18.4 Å². The molecule has 2 heteroatoms. The molecular formula is C12H26N2. The molecule has 1 aliphatic rings. The molecular weight excluding hydrogens is 172 g/mol. The van der Waals surface area contributed by atoms with Crippen LogP contribution in [0.3, 0.4) is 0 Å². The number of nitrogens with zero attached hydrogens (tertiary/aromatic N) is 1. The highest BCUT2D eigenvalue weighted by atomic mass is 15.1. The lowest BCUT2D eigenvalue weighted by Crippen LogP contribution is -2.41. The Kier molecular flexibility index (Phi) is 4.90. The van der Waals surface area contributed by atoms with Crippen LogP contribution in [-0.2, 0) is 0 Å². The lowest BCUT2D eigenvalue weighted by Gasteiger charge is -2.35. The molecule has 2 atom stereocenters. The van der Waals surface area contributed by atoms with Crippen molar-refractivity contribution < 1.29 is 0 Å². The third kappa shape index (κ3) is 3.25. The van der Waals surface area contributed by atoms with E-state index in [0.29, 0.717) is 6.04 Å². The first-order valence-corrected chi connectivity index (χ1v) is 6.00. The molecule has 1 aliphatic carbocycles. The Labute approximate surface area is 89.1 Å². The summed E-state index contributed by atoms with van der Waals surface area (Å²) in [6.45, 7) is 7.10. The predicted molar refractivity (Wildman–Crippen MR) is 62.5 cm³/mol. The minimum atomic E-state index is 0.697. The second kappa shape index (κ2) is 5.72. The molecule has 1 fully saturated rings. The van der Waals surface area contributed by atoms with E-state index < -0.39 is 0 Å². The Morgan fingerprint density at radius 2 is 2.00 bits per heavy atom.